The summed E-state index contributed by atoms with van der Waals surface area (Å²) in [5, 5.41) is 0. The number of alkyl halides is 3. The summed E-state index contributed by atoms with van der Waals surface area (Å²) in [5.41, 5.74) is 4.60. The molecule has 0 radical (unpaired) electrons. The molecule has 1 aliphatic heterocycles. The van der Waals surface area contributed by atoms with E-state index in [0.717, 1.165) is 39.6 Å². The lowest BCUT2D eigenvalue weighted by atomic mass is 9.84. The van der Waals surface area contributed by atoms with Crippen LogP contribution in [0.5, 0.6) is 0 Å². The number of aryl methyl sites for hydroxylation is 1. The first-order chi connectivity index (χ1) is 20.0. The van der Waals surface area contributed by atoms with Crippen LogP contribution < -0.4 is 9.62 Å². The van der Waals surface area contributed by atoms with Crippen molar-refractivity contribution in [2.45, 2.75) is 65.5 Å². The third kappa shape index (κ3) is 7.37. The van der Waals surface area contributed by atoms with Gasteiger partial charge in [0.2, 0.25) is 15.8 Å². The van der Waals surface area contributed by atoms with Gasteiger partial charge < -0.3 is 14.1 Å². The maximum Gasteiger partial charge on any atom is 0.449 e. The minimum Gasteiger partial charge on any atom is -0.468 e. The zero-order chi connectivity index (χ0) is 31.7. The van der Waals surface area contributed by atoms with E-state index in [1.807, 2.05) is 52.0 Å². The first-order valence-corrected chi connectivity index (χ1v) is 15.9. The predicted octanol–water partition coefficient (Wildman–Crippen LogP) is 6.92. The highest BCUT2D eigenvalue weighted by Gasteiger charge is 2.35. The molecule has 11 heteroatoms. The average Bonchev–Trinajstić information content (AvgIpc) is 3.43. The van der Waals surface area contributed by atoms with E-state index in [0.29, 0.717) is 31.6 Å². The molecule has 0 amide bonds. The van der Waals surface area contributed by atoms with Crippen LogP contribution in [0.15, 0.2) is 46.9 Å². The molecule has 0 saturated carbocycles. The number of halogens is 3. The number of methoxy groups -OCH3 is 1. The fourth-order valence-electron chi connectivity index (χ4n) is 5.66. The fraction of sp³-hybridized carbons (Fsp3) is 0.469. The number of esters is 1. The van der Waals surface area contributed by atoms with Gasteiger partial charge in [0, 0.05) is 25.2 Å². The standard InChI is InChI=1S/C32H39F3N2O5S/c1-20-16-28(22(3)21(2)27(20)18-26-10-11-29(42-26)32(33,34)35)36-43(39,40)19-23-12-14-37(15-13-23)25-9-7-8-24(17-25)31(4,5)30(38)41-6/h7-11,16-17,23,36H,12-15,18-19H2,1-6H3. The Morgan fingerprint density at radius 2 is 1.72 bits per heavy atom. The zero-order valence-electron chi connectivity index (χ0n) is 25.4. The second-order valence-corrected chi connectivity index (χ2v) is 13.7. The topological polar surface area (TPSA) is 88.8 Å². The molecule has 2 heterocycles. The molecule has 3 aromatic rings. The normalized spacial score (nSPS) is 15.0. The van der Waals surface area contributed by atoms with Gasteiger partial charge in [0.1, 0.15) is 5.76 Å². The van der Waals surface area contributed by atoms with E-state index in [2.05, 4.69) is 9.62 Å². The third-order valence-corrected chi connectivity index (χ3v) is 9.95. The second-order valence-electron chi connectivity index (χ2n) is 11.9. The lowest BCUT2D eigenvalue weighted by Gasteiger charge is -2.34. The Morgan fingerprint density at radius 1 is 1.05 bits per heavy atom. The van der Waals surface area contributed by atoms with E-state index >= 15 is 0 Å². The van der Waals surface area contributed by atoms with Crippen LogP contribution >= 0.6 is 0 Å². The molecular formula is C32H39F3N2O5S. The Kier molecular flexibility index (Phi) is 9.25. The van der Waals surface area contributed by atoms with Gasteiger partial charge in [-0.2, -0.15) is 13.2 Å². The van der Waals surface area contributed by atoms with E-state index in [1.54, 1.807) is 13.0 Å². The van der Waals surface area contributed by atoms with E-state index in [4.69, 9.17) is 9.15 Å². The summed E-state index contributed by atoms with van der Waals surface area (Å²) in [6.07, 6.45) is -2.98. The monoisotopic (exact) mass is 620 g/mol. The van der Waals surface area contributed by atoms with Crippen molar-refractivity contribution in [1.29, 1.82) is 0 Å². The molecule has 0 spiro atoms. The number of carbonyl (C=O) groups is 1. The number of carbonyl (C=O) groups excluding carboxylic acids is 1. The van der Waals surface area contributed by atoms with E-state index in [1.165, 1.54) is 13.2 Å². The summed E-state index contributed by atoms with van der Waals surface area (Å²) in [4.78, 5) is 14.5. The quantitative estimate of drug-likeness (QED) is 0.261. The summed E-state index contributed by atoms with van der Waals surface area (Å²) in [6.45, 7) is 10.5. The molecule has 234 valence electrons. The van der Waals surface area contributed by atoms with E-state index in [9.17, 15) is 26.4 Å². The molecule has 0 aliphatic carbocycles. The first kappa shape index (κ1) is 32.4. The number of benzene rings is 2. The number of piperidine rings is 1. The van der Waals surface area contributed by atoms with Crippen molar-refractivity contribution in [3.05, 3.63) is 81.8 Å². The molecule has 7 nitrogen and oxygen atoms in total. The van der Waals surface area contributed by atoms with Gasteiger partial charge in [-0.25, -0.2) is 8.42 Å². The molecule has 1 fully saturated rings. The van der Waals surface area contributed by atoms with Crippen LogP contribution in [0, 0.1) is 26.7 Å². The maximum absolute atomic E-state index is 13.2. The number of hydrogen-bond donors (Lipinski definition) is 1. The molecule has 0 unspecified atom stereocenters. The zero-order valence-corrected chi connectivity index (χ0v) is 26.2. The Labute approximate surface area is 251 Å². The van der Waals surface area contributed by atoms with E-state index in [-0.39, 0.29) is 29.8 Å². The second kappa shape index (κ2) is 12.3. The van der Waals surface area contributed by atoms with Crippen molar-refractivity contribution in [3.8, 4) is 0 Å². The Morgan fingerprint density at radius 3 is 2.33 bits per heavy atom. The van der Waals surface area contributed by atoms with Gasteiger partial charge >= 0.3 is 12.1 Å². The van der Waals surface area contributed by atoms with E-state index < -0.39 is 27.4 Å². The summed E-state index contributed by atoms with van der Waals surface area (Å²) >= 11 is 0. The lowest BCUT2D eigenvalue weighted by Crippen LogP contribution is -2.37. The molecular weight excluding hydrogens is 581 g/mol. The molecule has 1 saturated heterocycles. The van der Waals surface area contributed by atoms with Crippen LogP contribution in [0.4, 0.5) is 24.5 Å². The van der Waals surface area contributed by atoms with Gasteiger partial charge in [0.05, 0.1) is 24.0 Å². The molecule has 1 N–H and O–H groups in total. The smallest absolute Gasteiger partial charge is 0.449 e. The minimum absolute atomic E-state index is 0.0118. The van der Waals surface area contributed by atoms with Crippen molar-refractivity contribution in [2.24, 2.45) is 5.92 Å². The number of nitrogens with one attached hydrogen (secondary N) is 1. The maximum atomic E-state index is 13.2. The molecule has 4 rings (SSSR count). The van der Waals surface area contributed by atoms with Crippen LogP contribution in [0.2, 0.25) is 0 Å². The van der Waals surface area contributed by atoms with Crippen molar-refractivity contribution >= 4 is 27.4 Å². The van der Waals surface area contributed by atoms with Gasteiger partial charge in [-0.15, -0.1) is 0 Å². The number of furan rings is 1. The minimum atomic E-state index is -4.55. The fourth-order valence-corrected chi connectivity index (χ4v) is 7.24. The van der Waals surface area contributed by atoms with Crippen LogP contribution in [-0.4, -0.2) is 40.3 Å². The Hall–Kier alpha value is -3.47. The van der Waals surface area contributed by atoms with Crippen LogP contribution in [0.3, 0.4) is 0 Å². The number of nitrogens with zero attached hydrogens (tertiary/aromatic N) is 1. The largest absolute Gasteiger partial charge is 0.468 e. The van der Waals surface area contributed by atoms with Crippen molar-refractivity contribution in [1.82, 2.24) is 0 Å². The molecule has 43 heavy (non-hydrogen) atoms. The highest BCUT2D eigenvalue weighted by atomic mass is 32.2. The first-order valence-electron chi connectivity index (χ1n) is 14.2. The molecule has 1 aromatic heterocycles. The Balaban J connectivity index is 1.40. The van der Waals surface area contributed by atoms with Crippen LogP contribution in [-0.2, 0) is 37.6 Å². The predicted molar refractivity (Wildman–Crippen MR) is 161 cm³/mol. The number of rotatable bonds is 9. The number of anilines is 2. The number of sulfonamides is 1. The van der Waals surface area contributed by atoms with Crippen LogP contribution in [0.1, 0.15) is 66.0 Å². The van der Waals surface area contributed by atoms with Gasteiger partial charge in [0.25, 0.3) is 0 Å². The molecule has 2 aromatic carbocycles. The lowest BCUT2D eigenvalue weighted by molar-refractivity contribution is -0.153. The van der Waals surface area contributed by atoms with Gasteiger partial charge in [-0.1, -0.05) is 12.1 Å². The summed E-state index contributed by atoms with van der Waals surface area (Å²) in [6, 6.07) is 11.8. The average molecular weight is 621 g/mol. The van der Waals surface area contributed by atoms with Gasteiger partial charge in [-0.05, 0) is 112 Å². The summed E-state index contributed by atoms with van der Waals surface area (Å²) in [5.74, 6) is -1.19. The van der Waals surface area contributed by atoms with Gasteiger partial charge in [0.15, 0.2) is 0 Å². The highest BCUT2D eigenvalue weighted by molar-refractivity contribution is 7.92. The van der Waals surface area contributed by atoms with Crippen molar-refractivity contribution in [2.75, 3.05) is 35.6 Å². The van der Waals surface area contributed by atoms with Gasteiger partial charge in [-0.3, -0.25) is 9.52 Å². The van der Waals surface area contributed by atoms with Crippen molar-refractivity contribution < 1.29 is 35.5 Å². The SMILES string of the molecule is COC(=O)C(C)(C)c1cccc(N2CCC(CS(=O)(=O)Nc3cc(C)c(Cc4ccc(C(F)(F)F)o4)c(C)c3C)CC2)c1. The van der Waals surface area contributed by atoms with Crippen molar-refractivity contribution in [3.63, 3.8) is 0 Å². The van der Waals surface area contributed by atoms with Crippen LogP contribution in [0.25, 0.3) is 0 Å². The highest BCUT2D eigenvalue weighted by Crippen LogP contribution is 2.34. The third-order valence-electron chi connectivity index (χ3n) is 8.51. The summed E-state index contributed by atoms with van der Waals surface area (Å²) < 4.78 is 78.0. The molecule has 0 bridgehead atoms. The molecule has 0 atom stereocenters. The number of hydrogen-bond acceptors (Lipinski definition) is 6. The summed E-state index contributed by atoms with van der Waals surface area (Å²) in [7, 11) is -2.28. The Bertz CT molecular complexity index is 1590. The molecule has 1 aliphatic rings. The number of ether oxygens (including phenoxy) is 1.